The molecule has 1 saturated carbocycles. The zero-order valence-electron chi connectivity index (χ0n) is 13.6. The number of aromatic nitrogens is 1. The van der Waals surface area contributed by atoms with Gasteiger partial charge in [0.2, 0.25) is 5.78 Å². The number of benzene rings is 1. The van der Waals surface area contributed by atoms with Crippen molar-refractivity contribution in [3.8, 4) is 5.75 Å². The molecule has 1 aliphatic rings. The molecule has 2 aromatic rings. The van der Waals surface area contributed by atoms with Gasteiger partial charge in [-0.2, -0.15) is 0 Å². The van der Waals surface area contributed by atoms with Gasteiger partial charge in [0.1, 0.15) is 5.75 Å². The molecule has 0 bridgehead atoms. The van der Waals surface area contributed by atoms with E-state index in [1.54, 1.807) is 18.2 Å². The Morgan fingerprint density at radius 2 is 2.00 bits per heavy atom. The molecule has 1 heterocycles. The van der Waals surface area contributed by atoms with Crippen LogP contribution in [0.1, 0.15) is 53.5 Å². The van der Waals surface area contributed by atoms with Gasteiger partial charge in [-0.05, 0) is 51.0 Å². The average molecular weight is 332 g/mol. The zero-order chi connectivity index (χ0) is 16.4. The van der Waals surface area contributed by atoms with Crippen molar-refractivity contribution in [2.75, 3.05) is 6.61 Å². The quantitative estimate of drug-likeness (QED) is 0.711. The standard InChI is InChI=1S/C19H22ClNO2/c1-13-10-18(14(2)21(13)16-7-3-4-8-16)19(22)12-23-17-9-5-6-15(20)11-17/h5-6,9-11,16H,3-4,7-8,12H2,1-2H3. The van der Waals surface area contributed by atoms with Gasteiger partial charge in [-0.25, -0.2) is 0 Å². The molecule has 0 radical (unpaired) electrons. The van der Waals surface area contributed by atoms with Gasteiger partial charge in [0, 0.05) is 28.0 Å². The summed E-state index contributed by atoms with van der Waals surface area (Å²) in [5.41, 5.74) is 3.01. The second-order valence-corrected chi connectivity index (χ2v) is 6.70. The zero-order valence-corrected chi connectivity index (χ0v) is 14.4. The lowest BCUT2D eigenvalue weighted by Gasteiger charge is -2.17. The first-order chi connectivity index (χ1) is 11.1. The number of ketones is 1. The number of halogens is 1. The number of hydrogen-bond donors (Lipinski definition) is 0. The molecule has 23 heavy (non-hydrogen) atoms. The van der Waals surface area contributed by atoms with Gasteiger partial charge in [-0.1, -0.05) is 30.5 Å². The Morgan fingerprint density at radius 1 is 1.26 bits per heavy atom. The lowest BCUT2D eigenvalue weighted by atomic mass is 10.1. The minimum Gasteiger partial charge on any atom is -0.485 e. The Hall–Kier alpha value is -1.74. The van der Waals surface area contributed by atoms with Crippen LogP contribution in [0.2, 0.25) is 5.02 Å². The molecule has 4 heteroatoms. The Kier molecular flexibility index (Phi) is 4.76. The molecule has 1 fully saturated rings. The van der Waals surface area contributed by atoms with E-state index in [9.17, 15) is 4.79 Å². The maximum absolute atomic E-state index is 12.5. The number of hydrogen-bond acceptors (Lipinski definition) is 2. The minimum atomic E-state index is 0.0160. The van der Waals surface area contributed by atoms with Gasteiger partial charge in [-0.15, -0.1) is 0 Å². The Balaban J connectivity index is 1.73. The summed E-state index contributed by atoms with van der Waals surface area (Å²) in [7, 11) is 0. The molecule has 0 spiro atoms. The third kappa shape index (κ3) is 3.45. The van der Waals surface area contributed by atoms with E-state index in [0.29, 0.717) is 16.8 Å². The molecule has 0 saturated heterocycles. The summed E-state index contributed by atoms with van der Waals surface area (Å²) in [6, 6.07) is 9.67. The summed E-state index contributed by atoms with van der Waals surface area (Å²) in [5.74, 6) is 0.637. The van der Waals surface area contributed by atoms with Crippen LogP contribution in [0.5, 0.6) is 5.75 Å². The summed E-state index contributed by atoms with van der Waals surface area (Å²) < 4.78 is 7.92. The van der Waals surface area contributed by atoms with Crippen molar-refractivity contribution >= 4 is 17.4 Å². The van der Waals surface area contributed by atoms with Gasteiger partial charge in [0.25, 0.3) is 0 Å². The van der Waals surface area contributed by atoms with Crippen molar-refractivity contribution in [3.05, 3.63) is 52.3 Å². The fourth-order valence-electron chi connectivity index (χ4n) is 3.57. The third-order valence-corrected chi connectivity index (χ3v) is 4.88. The Bertz CT molecular complexity index is 714. The summed E-state index contributed by atoms with van der Waals surface area (Å²) in [6.45, 7) is 4.16. The van der Waals surface area contributed by atoms with Gasteiger partial charge in [-0.3, -0.25) is 4.79 Å². The smallest absolute Gasteiger partial charge is 0.202 e. The van der Waals surface area contributed by atoms with Gasteiger partial charge < -0.3 is 9.30 Å². The molecule has 122 valence electrons. The van der Waals surface area contributed by atoms with Crippen LogP contribution in [-0.2, 0) is 0 Å². The monoisotopic (exact) mass is 331 g/mol. The molecular formula is C19H22ClNO2. The van der Waals surface area contributed by atoms with Crippen LogP contribution < -0.4 is 4.74 Å². The highest BCUT2D eigenvalue weighted by atomic mass is 35.5. The molecule has 1 aromatic heterocycles. The minimum absolute atomic E-state index is 0.0160. The van der Waals surface area contributed by atoms with Crippen molar-refractivity contribution in [3.63, 3.8) is 0 Å². The first kappa shape index (κ1) is 16.1. The van der Waals surface area contributed by atoms with E-state index in [-0.39, 0.29) is 12.4 Å². The van der Waals surface area contributed by atoms with Crippen LogP contribution in [-0.4, -0.2) is 17.0 Å². The van der Waals surface area contributed by atoms with Crippen LogP contribution in [0.25, 0.3) is 0 Å². The number of rotatable bonds is 5. The fourth-order valence-corrected chi connectivity index (χ4v) is 3.75. The second kappa shape index (κ2) is 6.79. The Labute approximate surface area is 142 Å². The second-order valence-electron chi connectivity index (χ2n) is 6.26. The summed E-state index contributed by atoms with van der Waals surface area (Å²) in [6.07, 6.45) is 4.98. The van der Waals surface area contributed by atoms with E-state index in [1.165, 1.54) is 31.4 Å². The lowest BCUT2D eigenvalue weighted by molar-refractivity contribution is 0.0920. The van der Waals surface area contributed by atoms with Crippen LogP contribution in [0.15, 0.2) is 30.3 Å². The molecule has 1 aromatic carbocycles. The van der Waals surface area contributed by atoms with Crippen molar-refractivity contribution in [1.29, 1.82) is 0 Å². The third-order valence-electron chi connectivity index (χ3n) is 4.64. The maximum atomic E-state index is 12.5. The van der Waals surface area contributed by atoms with E-state index in [4.69, 9.17) is 16.3 Å². The van der Waals surface area contributed by atoms with Gasteiger partial charge >= 0.3 is 0 Å². The van der Waals surface area contributed by atoms with E-state index < -0.39 is 0 Å². The van der Waals surface area contributed by atoms with E-state index in [0.717, 1.165) is 11.3 Å². The number of carbonyl (C=O) groups is 1. The van der Waals surface area contributed by atoms with E-state index >= 15 is 0 Å². The largest absolute Gasteiger partial charge is 0.485 e. The van der Waals surface area contributed by atoms with Crippen LogP contribution in [0.3, 0.4) is 0 Å². The number of nitrogens with zero attached hydrogens (tertiary/aromatic N) is 1. The number of ether oxygens (including phenoxy) is 1. The SMILES string of the molecule is Cc1cc(C(=O)COc2cccc(Cl)c2)c(C)n1C1CCCC1. The summed E-state index contributed by atoms with van der Waals surface area (Å²) >= 11 is 5.93. The normalized spacial score (nSPS) is 15.1. The molecule has 0 N–H and O–H groups in total. The van der Waals surface area contributed by atoms with Crippen LogP contribution in [0, 0.1) is 13.8 Å². The van der Waals surface area contributed by atoms with Crippen LogP contribution >= 0.6 is 11.6 Å². The van der Waals surface area contributed by atoms with E-state index in [2.05, 4.69) is 11.5 Å². The highest BCUT2D eigenvalue weighted by Gasteiger charge is 2.23. The summed E-state index contributed by atoms with van der Waals surface area (Å²) in [5, 5.41) is 0.606. The van der Waals surface area contributed by atoms with Crippen molar-refractivity contribution in [2.24, 2.45) is 0 Å². The average Bonchev–Trinajstić information content (AvgIpc) is 3.13. The number of carbonyl (C=O) groups excluding carboxylic acids is 1. The lowest BCUT2D eigenvalue weighted by Crippen LogP contribution is -2.14. The molecule has 0 aliphatic heterocycles. The first-order valence-corrected chi connectivity index (χ1v) is 8.54. The van der Waals surface area contributed by atoms with Crippen molar-refractivity contribution < 1.29 is 9.53 Å². The van der Waals surface area contributed by atoms with Crippen molar-refractivity contribution in [2.45, 2.75) is 45.6 Å². The van der Waals surface area contributed by atoms with E-state index in [1.807, 2.05) is 19.1 Å². The molecule has 3 nitrogen and oxygen atoms in total. The topological polar surface area (TPSA) is 31.2 Å². The van der Waals surface area contributed by atoms with Gasteiger partial charge in [0.05, 0.1) is 0 Å². The predicted octanol–water partition coefficient (Wildman–Crippen LogP) is 5.14. The molecule has 0 amide bonds. The highest BCUT2D eigenvalue weighted by molar-refractivity contribution is 6.30. The van der Waals surface area contributed by atoms with Crippen molar-refractivity contribution in [1.82, 2.24) is 4.57 Å². The fraction of sp³-hybridized carbons (Fsp3) is 0.421. The summed E-state index contributed by atoms with van der Waals surface area (Å²) in [4.78, 5) is 12.5. The number of aryl methyl sites for hydroxylation is 1. The molecule has 0 unspecified atom stereocenters. The molecule has 1 aliphatic carbocycles. The number of Topliss-reactive ketones (excluding diaryl/α,β-unsaturated/α-hetero) is 1. The Morgan fingerprint density at radius 3 is 2.70 bits per heavy atom. The first-order valence-electron chi connectivity index (χ1n) is 8.16. The molecule has 0 atom stereocenters. The maximum Gasteiger partial charge on any atom is 0.202 e. The predicted molar refractivity (Wildman–Crippen MR) is 92.7 cm³/mol. The molecular weight excluding hydrogens is 310 g/mol. The highest BCUT2D eigenvalue weighted by Crippen LogP contribution is 2.33. The van der Waals surface area contributed by atoms with Crippen LogP contribution in [0.4, 0.5) is 0 Å². The van der Waals surface area contributed by atoms with Gasteiger partial charge in [0.15, 0.2) is 6.61 Å². The molecule has 3 rings (SSSR count).